The Morgan fingerprint density at radius 1 is 1.63 bits per heavy atom. The number of amides is 1. The number of aliphatic hydroxyl groups excluding tert-OH is 1. The predicted octanol–water partition coefficient (Wildman–Crippen LogP) is 1.54. The number of carbonyl (C=O) groups is 1. The van der Waals surface area contributed by atoms with Crippen molar-refractivity contribution in [1.29, 1.82) is 0 Å². The van der Waals surface area contributed by atoms with Crippen LogP contribution in [0.25, 0.3) is 0 Å². The molecule has 2 unspecified atom stereocenters. The lowest BCUT2D eigenvalue weighted by molar-refractivity contribution is 0.0594. The van der Waals surface area contributed by atoms with E-state index >= 15 is 0 Å². The van der Waals surface area contributed by atoms with Crippen LogP contribution in [0, 0.1) is 0 Å². The van der Waals surface area contributed by atoms with Crippen molar-refractivity contribution >= 4 is 17.2 Å². The van der Waals surface area contributed by atoms with Crippen LogP contribution in [0.2, 0.25) is 0 Å². The molecule has 2 rings (SSSR count). The monoisotopic (exact) mass is 283 g/mol. The van der Waals surface area contributed by atoms with Crippen LogP contribution in [0.1, 0.15) is 54.1 Å². The van der Waals surface area contributed by atoms with Gasteiger partial charge in [0.05, 0.1) is 18.7 Å². The number of likely N-dealkylation sites (tertiary alicyclic amines) is 1. The Balaban J connectivity index is 2.15. The fourth-order valence-electron chi connectivity index (χ4n) is 2.38. The molecular formula is C13H21N3O2S. The van der Waals surface area contributed by atoms with Crippen molar-refractivity contribution in [3.63, 3.8) is 0 Å². The molecule has 5 nitrogen and oxygen atoms in total. The zero-order valence-electron chi connectivity index (χ0n) is 11.2. The molecule has 1 aliphatic heterocycles. The minimum absolute atomic E-state index is 0.0238. The Morgan fingerprint density at radius 3 is 3.05 bits per heavy atom. The van der Waals surface area contributed by atoms with E-state index in [1.807, 2.05) is 6.92 Å². The van der Waals surface area contributed by atoms with E-state index in [0.717, 1.165) is 30.7 Å². The number of rotatable bonds is 3. The predicted molar refractivity (Wildman–Crippen MR) is 75.1 cm³/mol. The fraction of sp³-hybridized carbons (Fsp3) is 0.692. The van der Waals surface area contributed by atoms with Crippen LogP contribution >= 0.6 is 11.3 Å². The SMILES string of the molecule is CC(N)c1nc(C(=O)N2CCCCCC2CO)cs1. The van der Waals surface area contributed by atoms with Crippen LogP contribution in [0.15, 0.2) is 5.38 Å². The topological polar surface area (TPSA) is 79.5 Å². The van der Waals surface area contributed by atoms with Crippen molar-refractivity contribution in [2.24, 2.45) is 5.73 Å². The second-order valence-corrected chi connectivity index (χ2v) is 5.93. The van der Waals surface area contributed by atoms with Crippen molar-refractivity contribution in [1.82, 2.24) is 9.88 Å². The summed E-state index contributed by atoms with van der Waals surface area (Å²) in [6, 6.07) is -0.222. The minimum atomic E-state index is -0.149. The molecule has 0 aliphatic carbocycles. The van der Waals surface area contributed by atoms with Crippen LogP contribution in [0.3, 0.4) is 0 Å². The lowest BCUT2D eigenvalue weighted by Crippen LogP contribution is -2.42. The molecule has 1 aromatic heterocycles. The van der Waals surface area contributed by atoms with Crippen LogP contribution in [-0.2, 0) is 0 Å². The first-order valence-corrected chi connectivity index (χ1v) is 7.64. The van der Waals surface area contributed by atoms with Gasteiger partial charge in [-0.05, 0) is 19.8 Å². The average Bonchev–Trinajstić information content (AvgIpc) is 2.77. The number of nitrogens with two attached hydrogens (primary N) is 1. The molecule has 0 spiro atoms. The fourth-order valence-corrected chi connectivity index (χ4v) is 3.13. The van der Waals surface area contributed by atoms with Gasteiger partial charge in [-0.25, -0.2) is 4.98 Å². The van der Waals surface area contributed by atoms with Gasteiger partial charge in [-0.15, -0.1) is 11.3 Å². The number of carbonyl (C=O) groups excluding carboxylic acids is 1. The van der Waals surface area contributed by atoms with Gasteiger partial charge in [0.25, 0.3) is 5.91 Å². The summed E-state index contributed by atoms with van der Waals surface area (Å²) in [5.41, 5.74) is 6.22. The van der Waals surface area contributed by atoms with Gasteiger partial charge in [0.15, 0.2) is 0 Å². The van der Waals surface area contributed by atoms with E-state index in [0.29, 0.717) is 12.2 Å². The summed E-state index contributed by atoms with van der Waals surface area (Å²) in [4.78, 5) is 18.6. The maximum absolute atomic E-state index is 12.5. The standard InChI is InChI=1S/C13H21N3O2S/c1-9(14)12-15-11(8-19-12)13(18)16-6-4-2-3-5-10(16)7-17/h8-10,17H,2-7,14H2,1H3. The Kier molecular flexibility index (Phi) is 4.90. The Hall–Kier alpha value is -0.980. The maximum atomic E-state index is 12.5. The molecular weight excluding hydrogens is 262 g/mol. The zero-order valence-corrected chi connectivity index (χ0v) is 12.0. The van der Waals surface area contributed by atoms with Crippen LogP contribution in [-0.4, -0.2) is 40.1 Å². The number of thiazole rings is 1. The largest absolute Gasteiger partial charge is 0.394 e. The van der Waals surface area contributed by atoms with Crippen LogP contribution in [0.4, 0.5) is 0 Å². The van der Waals surface area contributed by atoms with E-state index in [4.69, 9.17) is 5.73 Å². The Bertz CT molecular complexity index is 433. The van der Waals surface area contributed by atoms with Gasteiger partial charge in [0, 0.05) is 11.9 Å². The highest BCUT2D eigenvalue weighted by molar-refractivity contribution is 7.09. The third-order valence-electron chi connectivity index (χ3n) is 3.48. The van der Waals surface area contributed by atoms with E-state index in [1.165, 1.54) is 11.3 Å². The molecule has 0 aromatic carbocycles. The van der Waals surface area contributed by atoms with Crippen molar-refractivity contribution in [3.05, 3.63) is 16.1 Å². The van der Waals surface area contributed by atoms with Gasteiger partial charge in [0.2, 0.25) is 0 Å². The molecule has 3 N–H and O–H groups in total. The zero-order chi connectivity index (χ0) is 13.8. The lowest BCUT2D eigenvalue weighted by Gasteiger charge is -2.27. The highest BCUT2D eigenvalue weighted by atomic mass is 32.1. The number of aliphatic hydroxyl groups is 1. The first-order chi connectivity index (χ1) is 9.13. The van der Waals surface area contributed by atoms with E-state index in [9.17, 15) is 9.90 Å². The second kappa shape index (κ2) is 6.45. The molecule has 2 atom stereocenters. The van der Waals surface area contributed by atoms with Gasteiger partial charge in [-0.3, -0.25) is 4.79 Å². The van der Waals surface area contributed by atoms with E-state index in [2.05, 4.69) is 4.98 Å². The van der Waals surface area contributed by atoms with Gasteiger partial charge < -0.3 is 15.7 Å². The summed E-state index contributed by atoms with van der Waals surface area (Å²) >= 11 is 1.42. The molecule has 1 amide bonds. The summed E-state index contributed by atoms with van der Waals surface area (Å²) in [6.45, 7) is 2.58. The second-order valence-electron chi connectivity index (χ2n) is 5.04. The van der Waals surface area contributed by atoms with Crippen molar-refractivity contribution in [2.45, 2.75) is 44.7 Å². The van der Waals surface area contributed by atoms with Gasteiger partial charge in [-0.1, -0.05) is 12.8 Å². The van der Waals surface area contributed by atoms with Crippen LogP contribution < -0.4 is 5.73 Å². The quantitative estimate of drug-likeness (QED) is 0.882. The van der Waals surface area contributed by atoms with Crippen molar-refractivity contribution in [2.75, 3.05) is 13.2 Å². The highest BCUT2D eigenvalue weighted by Gasteiger charge is 2.27. The molecule has 0 saturated carbocycles. The molecule has 106 valence electrons. The average molecular weight is 283 g/mol. The summed E-state index contributed by atoms with van der Waals surface area (Å²) in [6.07, 6.45) is 4.04. The molecule has 2 heterocycles. The third kappa shape index (κ3) is 3.32. The summed E-state index contributed by atoms with van der Waals surface area (Å²) < 4.78 is 0. The number of nitrogens with zero attached hydrogens (tertiary/aromatic N) is 2. The van der Waals surface area contributed by atoms with E-state index < -0.39 is 0 Å². The summed E-state index contributed by atoms with van der Waals surface area (Å²) in [7, 11) is 0. The number of hydrogen-bond acceptors (Lipinski definition) is 5. The molecule has 0 bridgehead atoms. The van der Waals surface area contributed by atoms with Crippen molar-refractivity contribution in [3.8, 4) is 0 Å². The molecule has 19 heavy (non-hydrogen) atoms. The normalized spacial score (nSPS) is 22.1. The molecule has 1 fully saturated rings. The Morgan fingerprint density at radius 2 is 2.42 bits per heavy atom. The smallest absolute Gasteiger partial charge is 0.273 e. The summed E-state index contributed by atoms with van der Waals surface area (Å²) in [5.74, 6) is -0.0795. The first kappa shape index (κ1) is 14.4. The molecule has 1 aliphatic rings. The highest BCUT2D eigenvalue weighted by Crippen LogP contribution is 2.21. The van der Waals surface area contributed by atoms with Gasteiger partial charge >= 0.3 is 0 Å². The summed E-state index contributed by atoms with van der Waals surface area (Å²) in [5, 5.41) is 12.0. The van der Waals surface area contributed by atoms with E-state index in [1.54, 1.807) is 10.3 Å². The van der Waals surface area contributed by atoms with Crippen molar-refractivity contribution < 1.29 is 9.90 Å². The molecule has 1 aromatic rings. The first-order valence-electron chi connectivity index (χ1n) is 6.76. The number of aromatic nitrogens is 1. The molecule has 6 heteroatoms. The molecule has 0 radical (unpaired) electrons. The van der Waals surface area contributed by atoms with Gasteiger partial charge in [0.1, 0.15) is 10.7 Å². The maximum Gasteiger partial charge on any atom is 0.273 e. The van der Waals surface area contributed by atoms with Crippen LogP contribution in [0.5, 0.6) is 0 Å². The Labute approximate surface area is 117 Å². The molecule has 1 saturated heterocycles. The van der Waals surface area contributed by atoms with Gasteiger partial charge in [-0.2, -0.15) is 0 Å². The van der Waals surface area contributed by atoms with E-state index in [-0.39, 0.29) is 24.6 Å². The number of hydrogen-bond donors (Lipinski definition) is 2. The third-order valence-corrected chi connectivity index (χ3v) is 4.53. The lowest BCUT2D eigenvalue weighted by atomic mass is 10.1. The minimum Gasteiger partial charge on any atom is -0.394 e.